The summed E-state index contributed by atoms with van der Waals surface area (Å²) in [6.07, 6.45) is 1.06. The molecule has 31 heavy (non-hydrogen) atoms. The van der Waals surface area contributed by atoms with Crippen LogP contribution < -0.4 is 10.4 Å². The number of carbonyl (C=O) groups excluding carboxylic acids is 1. The molecular formula is C26H36O4Si. The van der Waals surface area contributed by atoms with Crippen molar-refractivity contribution in [2.45, 2.75) is 64.7 Å². The van der Waals surface area contributed by atoms with Gasteiger partial charge in [0.15, 0.2) is 0 Å². The molecule has 0 unspecified atom stereocenters. The molecule has 2 rings (SSSR count). The zero-order chi connectivity index (χ0) is 23.1. The van der Waals surface area contributed by atoms with Gasteiger partial charge in [0.25, 0.3) is 8.32 Å². The largest absolute Gasteiger partial charge is 0.509 e. The average Bonchev–Trinajstić information content (AvgIpc) is 2.67. The maximum absolute atomic E-state index is 12.3. The minimum Gasteiger partial charge on any atom is -0.429 e. The van der Waals surface area contributed by atoms with Gasteiger partial charge < -0.3 is 13.9 Å². The standard InChI is InChI=1S/C26H36O4Si/c1-8-15-21(29-24(27)30-25(2,3)4)20-28-31(26(5,6)7,22-16-11-9-12-17-22)23-18-13-10-14-19-23/h8-14,16-19,21H,1,15,20H2,2-7H3/t21-/m0/s1. The Bertz CT molecular complexity index is 796. The molecule has 0 aliphatic rings. The molecule has 1 atom stereocenters. The van der Waals surface area contributed by atoms with Crippen molar-refractivity contribution >= 4 is 24.8 Å². The summed E-state index contributed by atoms with van der Waals surface area (Å²) >= 11 is 0. The number of benzene rings is 2. The number of carbonyl (C=O) groups is 1. The highest BCUT2D eigenvalue weighted by Crippen LogP contribution is 2.37. The van der Waals surface area contributed by atoms with E-state index >= 15 is 0 Å². The summed E-state index contributed by atoms with van der Waals surface area (Å²) in [7, 11) is -2.71. The zero-order valence-electron chi connectivity index (χ0n) is 19.7. The summed E-state index contributed by atoms with van der Waals surface area (Å²) < 4.78 is 17.8. The van der Waals surface area contributed by atoms with Gasteiger partial charge in [0.2, 0.25) is 0 Å². The molecule has 0 aliphatic carbocycles. The molecule has 0 radical (unpaired) electrons. The van der Waals surface area contributed by atoms with E-state index in [2.05, 4.69) is 51.6 Å². The number of hydrogen-bond donors (Lipinski definition) is 0. The fourth-order valence-electron chi connectivity index (χ4n) is 3.73. The lowest BCUT2D eigenvalue weighted by Gasteiger charge is -2.43. The number of hydrogen-bond acceptors (Lipinski definition) is 4. The normalized spacial score (nSPS) is 13.4. The van der Waals surface area contributed by atoms with Gasteiger partial charge in [-0.25, -0.2) is 4.79 Å². The van der Waals surface area contributed by atoms with Gasteiger partial charge in [-0.15, -0.1) is 6.58 Å². The van der Waals surface area contributed by atoms with Crippen LogP contribution in [0.25, 0.3) is 0 Å². The average molecular weight is 441 g/mol. The Morgan fingerprint density at radius 3 is 1.81 bits per heavy atom. The smallest absolute Gasteiger partial charge is 0.429 e. The Kier molecular flexibility index (Phi) is 8.26. The predicted molar refractivity (Wildman–Crippen MR) is 129 cm³/mol. The van der Waals surface area contributed by atoms with Crippen molar-refractivity contribution in [3.8, 4) is 0 Å². The topological polar surface area (TPSA) is 44.8 Å². The van der Waals surface area contributed by atoms with E-state index in [0.717, 1.165) is 0 Å². The molecule has 0 amide bonds. The Labute approximate surface area is 188 Å². The molecular weight excluding hydrogens is 404 g/mol. The Morgan fingerprint density at radius 1 is 0.935 bits per heavy atom. The summed E-state index contributed by atoms with van der Waals surface area (Å²) in [4.78, 5) is 12.3. The first-order valence-corrected chi connectivity index (χ1v) is 12.7. The number of ether oxygens (including phenoxy) is 2. The summed E-state index contributed by atoms with van der Waals surface area (Å²) in [6.45, 7) is 16.2. The molecule has 2 aromatic carbocycles. The first kappa shape index (κ1) is 24.9. The van der Waals surface area contributed by atoms with Gasteiger partial charge in [0, 0.05) is 6.42 Å². The predicted octanol–water partition coefficient (Wildman–Crippen LogP) is 5.46. The highest BCUT2D eigenvalue weighted by molar-refractivity contribution is 6.99. The van der Waals surface area contributed by atoms with E-state index in [9.17, 15) is 4.79 Å². The fraction of sp³-hybridized carbons (Fsp3) is 0.423. The molecule has 0 aromatic heterocycles. The van der Waals surface area contributed by atoms with Crippen molar-refractivity contribution in [2.75, 3.05) is 6.61 Å². The van der Waals surface area contributed by atoms with Gasteiger partial charge in [-0.05, 0) is 36.2 Å². The quantitative estimate of drug-likeness (QED) is 0.311. The fourth-order valence-corrected chi connectivity index (χ4v) is 8.32. The second-order valence-corrected chi connectivity index (χ2v) is 14.0. The van der Waals surface area contributed by atoms with E-state index < -0.39 is 26.2 Å². The lowest BCUT2D eigenvalue weighted by Crippen LogP contribution is -2.67. The first-order valence-electron chi connectivity index (χ1n) is 10.7. The van der Waals surface area contributed by atoms with Crippen LogP contribution >= 0.6 is 0 Å². The molecule has 168 valence electrons. The summed E-state index contributed by atoms with van der Waals surface area (Å²) in [6, 6.07) is 20.8. The molecule has 4 nitrogen and oxygen atoms in total. The van der Waals surface area contributed by atoms with Gasteiger partial charge in [-0.1, -0.05) is 87.5 Å². The van der Waals surface area contributed by atoms with E-state index in [-0.39, 0.29) is 11.6 Å². The van der Waals surface area contributed by atoms with Crippen LogP contribution in [0.15, 0.2) is 73.3 Å². The lowest BCUT2D eigenvalue weighted by molar-refractivity contribution is -0.0353. The maximum atomic E-state index is 12.3. The van der Waals surface area contributed by atoms with Crippen LogP contribution in [0.2, 0.25) is 5.04 Å². The molecule has 5 heteroatoms. The molecule has 0 bridgehead atoms. The van der Waals surface area contributed by atoms with Gasteiger partial charge in [0.1, 0.15) is 11.7 Å². The second-order valence-electron chi connectivity index (χ2n) is 9.70. The molecule has 0 saturated heterocycles. The monoisotopic (exact) mass is 440 g/mol. The Morgan fingerprint density at radius 2 is 1.42 bits per heavy atom. The van der Waals surface area contributed by atoms with Crippen molar-refractivity contribution in [1.82, 2.24) is 0 Å². The number of rotatable bonds is 8. The molecule has 0 heterocycles. The van der Waals surface area contributed by atoms with Crippen LogP contribution in [0.5, 0.6) is 0 Å². The highest BCUT2D eigenvalue weighted by Gasteiger charge is 2.50. The van der Waals surface area contributed by atoms with Crippen molar-refractivity contribution in [2.24, 2.45) is 0 Å². The van der Waals surface area contributed by atoms with Crippen molar-refractivity contribution in [3.63, 3.8) is 0 Å². The van der Waals surface area contributed by atoms with E-state index in [1.165, 1.54) is 10.4 Å². The van der Waals surface area contributed by atoms with Gasteiger partial charge in [-0.2, -0.15) is 0 Å². The second kappa shape index (κ2) is 10.3. The van der Waals surface area contributed by atoms with E-state index in [0.29, 0.717) is 6.42 Å². The lowest BCUT2D eigenvalue weighted by atomic mass is 10.2. The van der Waals surface area contributed by atoms with Crippen LogP contribution in [-0.4, -0.2) is 32.8 Å². The van der Waals surface area contributed by atoms with Crippen molar-refractivity contribution in [3.05, 3.63) is 73.3 Å². The molecule has 0 N–H and O–H groups in total. The summed E-state index contributed by atoms with van der Waals surface area (Å²) in [5, 5.41) is 2.21. The third kappa shape index (κ3) is 6.55. The van der Waals surface area contributed by atoms with Gasteiger partial charge >= 0.3 is 6.16 Å². The van der Waals surface area contributed by atoms with E-state index in [1.54, 1.807) is 6.08 Å². The highest BCUT2D eigenvalue weighted by atomic mass is 28.4. The maximum Gasteiger partial charge on any atom is 0.509 e. The zero-order valence-corrected chi connectivity index (χ0v) is 20.7. The molecule has 0 saturated carbocycles. The van der Waals surface area contributed by atoms with E-state index in [1.807, 2.05) is 57.2 Å². The van der Waals surface area contributed by atoms with Crippen molar-refractivity contribution in [1.29, 1.82) is 0 Å². The third-order valence-corrected chi connectivity index (χ3v) is 9.99. The van der Waals surface area contributed by atoms with E-state index in [4.69, 9.17) is 13.9 Å². The van der Waals surface area contributed by atoms with Crippen LogP contribution in [0.4, 0.5) is 4.79 Å². The first-order chi connectivity index (χ1) is 14.5. The van der Waals surface area contributed by atoms with Gasteiger partial charge in [-0.3, -0.25) is 0 Å². The Balaban J connectivity index is 2.40. The molecule has 0 spiro atoms. The SMILES string of the molecule is C=CC[C@@H](CO[Si](c1ccccc1)(c1ccccc1)C(C)(C)C)OC(=O)OC(C)(C)C. The van der Waals surface area contributed by atoms with Crippen LogP contribution in [0.1, 0.15) is 48.0 Å². The molecule has 0 fully saturated rings. The minimum atomic E-state index is -2.71. The third-order valence-electron chi connectivity index (χ3n) is 4.98. The molecule has 2 aromatic rings. The van der Waals surface area contributed by atoms with Crippen LogP contribution in [0.3, 0.4) is 0 Å². The summed E-state index contributed by atoms with van der Waals surface area (Å²) in [5.74, 6) is 0. The van der Waals surface area contributed by atoms with Crippen molar-refractivity contribution < 1.29 is 18.7 Å². The minimum absolute atomic E-state index is 0.152. The molecule has 0 aliphatic heterocycles. The summed E-state index contributed by atoms with van der Waals surface area (Å²) in [5.41, 5.74) is -0.616. The van der Waals surface area contributed by atoms with Crippen LogP contribution in [0, 0.1) is 0 Å². The van der Waals surface area contributed by atoms with Crippen LogP contribution in [-0.2, 0) is 13.9 Å². The van der Waals surface area contributed by atoms with Gasteiger partial charge in [0.05, 0.1) is 6.61 Å². The Hall–Kier alpha value is -2.37.